The Hall–Kier alpha value is -2.18. The van der Waals surface area contributed by atoms with Crippen molar-refractivity contribution >= 4 is 15.9 Å². The van der Waals surface area contributed by atoms with Crippen molar-refractivity contribution in [3.05, 3.63) is 71.3 Å². The average molecular weight is 401 g/mol. The Kier molecular flexibility index (Phi) is 6.52. The molecule has 0 aliphatic carbocycles. The molecule has 0 aromatic heterocycles. The molecule has 0 radical (unpaired) electrons. The number of benzene rings is 2. The predicted octanol–water partition coefficient (Wildman–Crippen LogP) is 3.26. The van der Waals surface area contributed by atoms with Crippen molar-refractivity contribution in [2.24, 2.45) is 5.92 Å². The SMILES string of the molecule is CCS(=O)(=O)N1CCC(C(=O)N[C@H](c2ccccc2)c2ccccc2C)CC1. The smallest absolute Gasteiger partial charge is 0.223 e. The monoisotopic (exact) mass is 400 g/mol. The quantitative estimate of drug-likeness (QED) is 0.809. The van der Waals surface area contributed by atoms with Gasteiger partial charge >= 0.3 is 0 Å². The number of rotatable bonds is 6. The molecule has 28 heavy (non-hydrogen) atoms. The van der Waals surface area contributed by atoms with E-state index in [2.05, 4.69) is 5.32 Å². The summed E-state index contributed by atoms with van der Waals surface area (Å²) in [7, 11) is -3.18. The predicted molar refractivity (Wildman–Crippen MR) is 111 cm³/mol. The number of aryl methyl sites for hydroxylation is 1. The minimum Gasteiger partial charge on any atom is -0.345 e. The highest BCUT2D eigenvalue weighted by Gasteiger charge is 2.31. The first kappa shape index (κ1) is 20.6. The van der Waals surface area contributed by atoms with Crippen LogP contribution in [0.25, 0.3) is 0 Å². The molecule has 1 saturated heterocycles. The summed E-state index contributed by atoms with van der Waals surface area (Å²) in [5, 5.41) is 3.22. The number of carbonyl (C=O) groups is 1. The lowest BCUT2D eigenvalue weighted by atomic mass is 9.92. The molecule has 1 atom stereocenters. The van der Waals surface area contributed by atoms with Crippen LogP contribution < -0.4 is 5.32 Å². The van der Waals surface area contributed by atoms with E-state index in [1.165, 1.54) is 4.31 Å². The molecule has 1 amide bonds. The molecular weight excluding hydrogens is 372 g/mol. The molecule has 6 heteroatoms. The van der Waals surface area contributed by atoms with Gasteiger partial charge in [0.05, 0.1) is 11.8 Å². The van der Waals surface area contributed by atoms with Crippen LogP contribution >= 0.6 is 0 Å². The van der Waals surface area contributed by atoms with E-state index in [-0.39, 0.29) is 23.6 Å². The van der Waals surface area contributed by atoms with Crippen LogP contribution in [0.5, 0.6) is 0 Å². The van der Waals surface area contributed by atoms with Gasteiger partial charge in [-0.25, -0.2) is 12.7 Å². The number of nitrogens with zero attached hydrogens (tertiary/aromatic N) is 1. The Balaban J connectivity index is 1.75. The van der Waals surface area contributed by atoms with Crippen molar-refractivity contribution in [3.8, 4) is 0 Å². The summed E-state index contributed by atoms with van der Waals surface area (Å²) < 4.78 is 25.6. The number of sulfonamides is 1. The minimum absolute atomic E-state index is 0.00866. The second-order valence-corrected chi connectivity index (χ2v) is 9.54. The zero-order valence-corrected chi connectivity index (χ0v) is 17.3. The lowest BCUT2D eigenvalue weighted by Crippen LogP contribution is -2.44. The number of piperidine rings is 1. The first-order valence-electron chi connectivity index (χ1n) is 9.81. The third-order valence-electron chi connectivity index (χ3n) is 5.50. The maximum absolute atomic E-state index is 13.0. The first-order valence-corrected chi connectivity index (χ1v) is 11.4. The molecule has 0 unspecified atom stereocenters. The Morgan fingerprint density at radius 3 is 2.29 bits per heavy atom. The van der Waals surface area contributed by atoms with E-state index in [4.69, 9.17) is 0 Å². The van der Waals surface area contributed by atoms with E-state index in [0.29, 0.717) is 25.9 Å². The summed E-state index contributed by atoms with van der Waals surface area (Å²) in [5.41, 5.74) is 3.24. The molecule has 5 nitrogen and oxygen atoms in total. The Labute approximate surface area is 167 Å². The second-order valence-electron chi connectivity index (χ2n) is 7.28. The molecule has 0 spiro atoms. The molecule has 2 aromatic carbocycles. The van der Waals surface area contributed by atoms with Gasteiger partial charge in [0.25, 0.3) is 0 Å². The van der Waals surface area contributed by atoms with Gasteiger partial charge in [0.2, 0.25) is 15.9 Å². The maximum Gasteiger partial charge on any atom is 0.223 e. The van der Waals surface area contributed by atoms with Crippen molar-refractivity contribution in [2.75, 3.05) is 18.8 Å². The van der Waals surface area contributed by atoms with Gasteiger partial charge < -0.3 is 5.32 Å². The number of hydrogen-bond acceptors (Lipinski definition) is 3. The Morgan fingerprint density at radius 1 is 1.07 bits per heavy atom. The molecule has 1 fully saturated rings. The van der Waals surface area contributed by atoms with E-state index >= 15 is 0 Å². The summed E-state index contributed by atoms with van der Waals surface area (Å²) in [6, 6.07) is 17.8. The van der Waals surface area contributed by atoms with Crippen LogP contribution in [-0.4, -0.2) is 37.5 Å². The second kappa shape index (κ2) is 8.88. The van der Waals surface area contributed by atoms with E-state index < -0.39 is 10.0 Å². The van der Waals surface area contributed by atoms with Gasteiger partial charge in [-0.15, -0.1) is 0 Å². The molecule has 1 N–H and O–H groups in total. The highest BCUT2D eigenvalue weighted by atomic mass is 32.2. The molecule has 0 bridgehead atoms. The van der Waals surface area contributed by atoms with Crippen molar-refractivity contribution in [1.82, 2.24) is 9.62 Å². The van der Waals surface area contributed by atoms with Gasteiger partial charge in [-0.1, -0.05) is 54.6 Å². The normalized spacial score (nSPS) is 17.2. The first-order chi connectivity index (χ1) is 13.4. The molecule has 1 aliphatic heterocycles. The number of amides is 1. The highest BCUT2D eigenvalue weighted by Crippen LogP contribution is 2.27. The zero-order chi connectivity index (χ0) is 20.1. The molecular formula is C22H28N2O3S. The van der Waals surface area contributed by atoms with Gasteiger partial charge in [0, 0.05) is 19.0 Å². The van der Waals surface area contributed by atoms with Crippen molar-refractivity contribution in [2.45, 2.75) is 32.7 Å². The van der Waals surface area contributed by atoms with Crippen LogP contribution in [0.1, 0.15) is 42.5 Å². The summed E-state index contributed by atoms with van der Waals surface area (Å²) in [6.07, 6.45) is 1.11. The molecule has 150 valence electrons. The van der Waals surface area contributed by atoms with Gasteiger partial charge in [0.15, 0.2) is 0 Å². The van der Waals surface area contributed by atoms with Crippen molar-refractivity contribution in [1.29, 1.82) is 0 Å². The Morgan fingerprint density at radius 2 is 1.68 bits per heavy atom. The van der Waals surface area contributed by atoms with E-state index in [1.807, 2.05) is 61.5 Å². The standard InChI is InChI=1S/C22H28N2O3S/c1-3-28(26,27)24-15-13-19(14-16-24)22(25)23-21(18-10-5-4-6-11-18)20-12-8-7-9-17(20)2/h4-12,19,21H,3,13-16H2,1-2H3,(H,23,25)/t21-/m1/s1. The van der Waals surface area contributed by atoms with Gasteiger partial charge in [-0.3, -0.25) is 4.79 Å². The highest BCUT2D eigenvalue weighted by molar-refractivity contribution is 7.89. The fourth-order valence-corrected chi connectivity index (χ4v) is 4.87. The van der Waals surface area contributed by atoms with Crippen molar-refractivity contribution < 1.29 is 13.2 Å². The molecule has 0 saturated carbocycles. The maximum atomic E-state index is 13.0. The molecule has 2 aromatic rings. The molecule has 1 heterocycles. The lowest BCUT2D eigenvalue weighted by Gasteiger charge is -2.31. The van der Waals surface area contributed by atoms with Crippen LogP contribution in [0.2, 0.25) is 0 Å². The Bertz CT molecular complexity index is 904. The summed E-state index contributed by atoms with van der Waals surface area (Å²) in [5.74, 6) is -0.0723. The van der Waals surface area contributed by atoms with Gasteiger partial charge in [-0.05, 0) is 43.4 Å². The van der Waals surface area contributed by atoms with Crippen molar-refractivity contribution in [3.63, 3.8) is 0 Å². The fraction of sp³-hybridized carbons (Fsp3) is 0.409. The molecule has 3 rings (SSSR count). The largest absolute Gasteiger partial charge is 0.345 e. The summed E-state index contributed by atoms with van der Waals surface area (Å²) >= 11 is 0. The number of nitrogens with one attached hydrogen (secondary N) is 1. The van der Waals surface area contributed by atoms with E-state index in [1.54, 1.807) is 6.92 Å². The average Bonchev–Trinajstić information content (AvgIpc) is 2.73. The third-order valence-corrected chi connectivity index (χ3v) is 7.38. The summed E-state index contributed by atoms with van der Waals surface area (Å²) in [6.45, 7) is 4.52. The van der Waals surface area contributed by atoms with E-state index in [0.717, 1.165) is 16.7 Å². The van der Waals surface area contributed by atoms with Crippen LogP contribution in [0.4, 0.5) is 0 Å². The molecule has 1 aliphatic rings. The number of hydrogen-bond donors (Lipinski definition) is 1. The number of carbonyl (C=O) groups excluding carboxylic acids is 1. The lowest BCUT2D eigenvalue weighted by molar-refractivity contribution is -0.126. The van der Waals surface area contributed by atoms with Crippen LogP contribution in [-0.2, 0) is 14.8 Å². The zero-order valence-electron chi connectivity index (χ0n) is 16.5. The van der Waals surface area contributed by atoms with Crippen LogP contribution in [0.3, 0.4) is 0 Å². The topological polar surface area (TPSA) is 66.5 Å². The van der Waals surface area contributed by atoms with Gasteiger partial charge in [0.1, 0.15) is 0 Å². The van der Waals surface area contributed by atoms with E-state index in [9.17, 15) is 13.2 Å². The van der Waals surface area contributed by atoms with Crippen LogP contribution in [0.15, 0.2) is 54.6 Å². The van der Waals surface area contributed by atoms with Crippen LogP contribution in [0, 0.1) is 12.8 Å². The minimum atomic E-state index is -3.18. The summed E-state index contributed by atoms with van der Waals surface area (Å²) in [4.78, 5) is 13.0. The third kappa shape index (κ3) is 4.62. The van der Waals surface area contributed by atoms with Gasteiger partial charge in [-0.2, -0.15) is 0 Å². The fourth-order valence-electron chi connectivity index (χ4n) is 3.74.